The van der Waals surface area contributed by atoms with Crippen LogP contribution in [0.15, 0.2) is 85.5 Å². The fourth-order valence-electron chi connectivity index (χ4n) is 5.20. The summed E-state index contributed by atoms with van der Waals surface area (Å²) in [6.45, 7) is 1.24. The summed E-state index contributed by atoms with van der Waals surface area (Å²) >= 11 is 0. The minimum Gasteiger partial charge on any atom is -0.477 e. The molecule has 0 bridgehead atoms. The molecule has 1 N–H and O–H groups in total. The van der Waals surface area contributed by atoms with Crippen molar-refractivity contribution in [2.24, 2.45) is 0 Å². The Morgan fingerprint density at radius 2 is 1.87 bits per heavy atom. The molecule has 10 nitrogen and oxygen atoms in total. The second-order valence-corrected chi connectivity index (χ2v) is 10.7. The Morgan fingerprint density at radius 1 is 1.02 bits per heavy atom. The number of hydrogen-bond acceptors (Lipinski definition) is 7. The minimum absolute atomic E-state index is 0.00415. The van der Waals surface area contributed by atoms with Crippen LogP contribution in [-0.4, -0.2) is 52.9 Å². The van der Waals surface area contributed by atoms with Gasteiger partial charge in [-0.2, -0.15) is 0 Å². The number of nitrogens with zero attached hydrogens (tertiary/aromatic N) is 6. The van der Waals surface area contributed by atoms with E-state index < -0.39 is 17.6 Å². The molecule has 45 heavy (non-hydrogen) atoms. The topological polar surface area (TPSA) is 117 Å². The number of aromatic nitrogens is 6. The highest BCUT2D eigenvalue weighted by Crippen LogP contribution is 2.28. The number of carboxylic acid groups (broad SMARTS) is 1. The first-order chi connectivity index (χ1) is 21.9. The van der Waals surface area contributed by atoms with Crippen LogP contribution >= 0.6 is 0 Å². The number of aromatic carboxylic acids is 1. The number of fused-ring (bicyclic) bond motifs is 1. The Kier molecular flexibility index (Phi) is 7.47. The monoisotopic (exact) mass is 608 g/mol. The Labute approximate surface area is 255 Å². The summed E-state index contributed by atoms with van der Waals surface area (Å²) < 4.78 is 46.1. The maximum atomic E-state index is 15.5. The van der Waals surface area contributed by atoms with E-state index in [0.717, 1.165) is 29.8 Å². The number of ether oxygens (including phenoxy) is 2. The molecule has 0 unspecified atom stereocenters. The fraction of sp³-hybridized carbons (Fsp3) is 0.182. The molecule has 1 aliphatic rings. The second kappa shape index (κ2) is 11.9. The van der Waals surface area contributed by atoms with Crippen molar-refractivity contribution in [3.8, 4) is 22.8 Å². The number of hydrogen-bond donors (Lipinski definition) is 1. The third-order valence-corrected chi connectivity index (χ3v) is 7.68. The van der Waals surface area contributed by atoms with Gasteiger partial charge in [0, 0.05) is 42.7 Å². The van der Waals surface area contributed by atoms with Crippen molar-refractivity contribution < 1.29 is 28.2 Å². The standard InChI is InChI=1S/C33H26F2N6O4/c34-25-16-24(27-2-1-3-31(38-27)45-18-20-4-6-22(7-5-20)40-12-11-36-19-40)26(35)14-21(25)15-30-37-28-8-9-29(33(42)43)39-32(28)41(30)17-23-10-13-44-23/h1-9,11-12,14,16,19,23H,10,13,15,17-18H2,(H,42,43)/t23-/m0/s1. The molecule has 0 aliphatic carbocycles. The van der Waals surface area contributed by atoms with Crippen LogP contribution in [0, 0.1) is 11.6 Å². The van der Waals surface area contributed by atoms with Crippen LogP contribution < -0.4 is 4.74 Å². The van der Waals surface area contributed by atoms with Gasteiger partial charge in [0.15, 0.2) is 11.3 Å². The summed E-state index contributed by atoms with van der Waals surface area (Å²) in [4.78, 5) is 28.8. The zero-order valence-corrected chi connectivity index (χ0v) is 23.8. The van der Waals surface area contributed by atoms with Crippen LogP contribution in [0.4, 0.5) is 8.78 Å². The summed E-state index contributed by atoms with van der Waals surface area (Å²) in [7, 11) is 0. The van der Waals surface area contributed by atoms with Crippen molar-refractivity contribution in [3.63, 3.8) is 0 Å². The average Bonchev–Trinajstić information content (AvgIpc) is 3.68. The SMILES string of the molecule is O=C(O)c1ccc2nc(Cc3cc(F)c(-c4cccc(OCc5ccc(-n6ccnc6)cc5)n4)cc3F)n(C[C@@H]3CCO3)c2n1. The van der Waals surface area contributed by atoms with E-state index in [1.807, 2.05) is 35.0 Å². The maximum absolute atomic E-state index is 15.5. The number of carboxylic acids is 1. The molecular weight excluding hydrogens is 582 g/mol. The van der Waals surface area contributed by atoms with Gasteiger partial charge >= 0.3 is 5.97 Å². The van der Waals surface area contributed by atoms with Gasteiger partial charge in [0.1, 0.15) is 29.6 Å². The van der Waals surface area contributed by atoms with Gasteiger partial charge in [-0.25, -0.2) is 33.5 Å². The summed E-state index contributed by atoms with van der Waals surface area (Å²) in [6, 6.07) is 17.9. The summed E-state index contributed by atoms with van der Waals surface area (Å²) in [6.07, 6.45) is 5.97. The van der Waals surface area contributed by atoms with Crippen LogP contribution in [0.1, 0.15) is 33.9 Å². The molecule has 0 amide bonds. The number of carbonyl (C=O) groups is 1. The van der Waals surface area contributed by atoms with Crippen molar-refractivity contribution in [2.75, 3.05) is 6.61 Å². The third kappa shape index (κ3) is 5.87. The van der Waals surface area contributed by atoms with Crippen LogP contribution in [0.2, 0.25) is 0 Å². The largest absolute Gasteiger partial charge is 0.477 e. The van der Waals surface area contributed by atoms with Gasteiger partial charge in [0.2, 0.25) is 5.88 Å². The highest BCUT2D eigenvalue weighted by atomic mass is 19.1. The Balaban J connectivity index is 1.11. The molecule has 1 saturated heterocycles. The number of benzene rings is 2. The van der Waals surface area contributed by atoms with Gasteiger partial charge in [-0.05, 0) is 60.0 Å². The Hall–Kier alpha value is -5.49. The highest BCUT2D eigenvalue weighted by Gasteiger charge is 2.24. The normalized spacial score (nSPS) is 14.4. The lowest BCUT2D eigenvalue weighted by molar-refractivity contribution is -0.0590. The van der Waals surface area contributed by atoms with E-state index in [1.54, 1.807) is 41.4 Å². The van der Waals surface area contributed by atoms with E-state index in [4.69, 9.17) is 9.47 Å². The lowest BCUT2D eigenvalue weighted by Gasteiger charge is -2.27. The van der Waals surface area contributed by atoms with E-state index in [-0.39, 0.29) is 47.5 Å². The molecule has 0 spiro atoms. The molecule has 4 aromatic heterocycles. The van der Waals surface area contributed by atoms with Gasteiger partial charge in [0.05, 0.1) is 24.7 Å². The smallest absolute Gasteiger partial charge is 0.354 e. The van der Waals surface area contributed by atoms with Crippen molar-refractivity contribution in [3.05, 3.63) is 120 Å². The number of rotatable bonds is 10. The number of imidazole rings is 2. The number of halogens is 2. The molecule has 7 rings (SSSR count). The minimum atomic E-state index is -1.17. The van der Waals surface area contributed by atoms with Crippen LogP contribution in [0.3, 0.4) is 0 Å². The van der Waals surface area contributed by atoms with Gasteiger partial charge in [-0.3, -0.25) is 0 Å². The lowest BCUT2D eigenvalue weighted by atomic mass is 10.0. The zero-order chi connectivity index (χ0) is 30.9. The Bertz CT molecular complexity index is 2010. The molecule has 6 aromatic rings. The summed E-state index contributed by atoms with van der Waals surface area (Å²) in [5, 5.41) is 9.42. The van der Waals surface area contributed by atoms with Crippen molar-refractivity contribution in [2.45, 2.75) is 32.1 Å². The van der Waals surface area contributed by atoms with Crippen LogP contribution in [0.5, 0.6) is 5.88 Å². The maximum Gasteiger partial charge on any atom is 0.354 e. The molecule has 1 aliphatic heterocycles. The van der Waals surface area contributed by atoms with Crippen LogP contribution in [0.25, 0.3) is 28.1 Å². The van der Waals surface area contributed by atoms with Crippen molar-refractivity contribution in [1.29, 1.82) is 0 Å². The van der Waals surface area contributed by atoms with E-state index in [9.17, 15) is 9.90 Å². The molecule has 226 valence electrons. The molecule has 1 fully saturated rings. The highest BCUT2D eigenvalue weighted by molar-refractivity contribution is 5.88. The molecule has 1 atom stereocenters. The molecular formula is C33H26F2N6O4. The summed E-state index contributed by atoms with van der Waals surface area (Å²) in [5.41, 5.74) is 2.87. The predicted octanol–water partition coefficient (Wildman–Crippen LogP) is 5.61. The van der Waals surface area contributed by atoms with E-state index in [2.05, 4.69) is 19.9 Å². The van der Waals surface area contributed by atoms with E-state index >= 15 is 8.78 Å². The molecule has 5 heterocycles. The third-order valence-electron chi connectivity index (χ3n) is 7.68. The van der Waals surface area contributed by atoms with Crippen molar-refractivity contribution >= 4 is 17.1 Å². The first-order valence-corrected chi connectivity index (χ1v) is 14.3. The predicted molar refractivity (Wildman–Crippen MR) is 159 cm³/mol. The van der Waals surface area contributed by atoms with Gasteiger partial charge in [-0.15, -0.1) is 0 Å². The second-order valence-electron chi connectivity index (χ2n) is 10.7. The average molecular weight is 609 g/mol. The van der Waals surface area contributed by atoms with Gasteiger partial charge in [-0.1, -0.05) is 18.2 Å². The first kappa shape index (κ1) is 28.3. The first-order valence-electron chi connectivity index (χ1n) is 14.3. The van der Waals surface area contributed by atoms with Crippen molar-refractivity contribution in [1.82, 2.24) is 29.1 Å². The Morgan fingerprint density at radius 3 is 2.60 bits per heavy atom. The fourth-order valence-corrected chi connectivity index (χ4v) is 5.20. The van der Waals surface area contributed by atoms with E-state index in [0.29, 0.717) is 30.1 Å². The molecule has 12 heteroatoms. The zero-order valence-electron chi connectivity index (χ0n) is 23.8. The lowest BCUT2D eigenvalue weighted by Crippen LogP contribution is -2.32. The molecule has 2 aromatic carbocycles. The van der Waals surface area contributed by atoms with Crippen LogP contribution in [-0.2, 0) is 24.3 Å². The molecule has 0 saturated carbocycles. The summed E-state index contributed by atoms with van der Waals surface area (Å²) in [5.74, 6) is -1.75. The number of pyridine rings is 2. The van der Waals surface area contributed by atoms with Gasteiger partial charge < -0.3 is 23.7 Å². The molecule has 0 radical (unpaired) electrons. The quantitative estimate of drug-likeness (QED) is 0.213. The van der Waals surface area contributed by atoms with E-state index in [1.165, 1.54) is 6.07 Å². The van der Waals surface area contributed by atoms with Gasteiger partial charge in [0.25, 0.3) is 0 Å².